The van der Waals surface area contributed by atoms with E-state index in [2.05, 4.69) is 4.72 Å². The van der Waals surface area contributed by atoms with E-state index in [1.165, 1.54) is 23.5 Å². The average Bonchev–Trinajstić information content (AvgIpc) is 3.00. The van der Waals surface area contributed by atoms with Crippen LogP contribution in [0.2, 0.25) is 5.02 Å². The number of hydrogen-bond acceptors (Lipinski definition) is 6. The molecule has 0 aliphatic rings. The summed E-state index contributed by atoms with van der Waals surface area (Å²) in [4.78, 5) is 2.58. The van der Waals surface area contributed by atoms with Crippen molar-refractivity contribution >= 4 is 42.8 Å². The number of thiophene rings is 1. The van der Waals surface area contributed by atoms with Crippen molar-refractivity contribution in [3.8, 4) is 0 Å². The Balaban J connectivity index is 2.30. The van der Waals surface area contributed by atoms with Gasteiger partial charge in [-0.15, -0.1) is 11.3 Å². The Kier molecular flexibility index (Phi) is 6.29. The van der Waals surface area contributed by atoms with E-state index in [-0.39, 0.29) is 27.4 Å². The van der Waals surface area contributed by atoms with Gasteiger partial charge in [0.05, 0.1) is 16.0 Å². The van der Waals surface area contributed by atoms with Crippen LogP contribution >= 0.6 is 22.9 Å². The molecule has 0 saturated heterocycles. The van der Waals surface area contributed by atoms with E-state index < -0.39 is 19.9 Å². The normalized spacial score (nSPS) is 14.0. The molecule has 10 heteroatoms. The van der Waals surface area contributed by atoms with Crippen molar-refractivity contribution in [1.82, 2.24) is 9.62 Å². The van der Waals surface area contributed by atoms with Gasteiger partial charge in [-0.3, -0.25) is 0 Å². The van der Waals surface area contributed by atoms with Crippen molar-refractivity contribution in [2.45, 2.75) is 15.8 Å². The molecule has 0 fully saturated rings. The van der Waals surface area contributed by atoms with Gasteiger partial charge in [0.15, 0.2) is 9.84 Å². The molecule has 1 aromatic carbocycles. The molecular weight excluding hydrogens is 404 g/mol. The summed E-state index contributed by atoms with van der Waals surface area (Å²) in [6.45, 7) is 0.134. The largest absolute Gasteiger partial charge is 0.300 e. The van der Waals surface area contributed by atoms with Crippen molar-refractivity contribution in [3.63, 3.8) is 0 Å². The summed E-state index contributed by atoms with van der Waals surface area (Å²) in [7, 11) is -3.79. The third-order valence-corrected chi connectivity index (χ3v) is 7.57. The molecule has 0 radical (unpaired) electrons. The molecule has 0 bridgehead atoms. The van der Waals surface area contributed by atoms with E-state index in [4.69, 9.17) is 11.6 Å². The second-order valence-corrected chi connectivity index (χ2v) is 10.8. The molecule has 0 aliphatic heterocycles. The van der Waals surface area contributed by atoms with Gasteiger partial charge in [0.25, 0.3) is 0 Å². The first-order chi connectivity index (χ1) is 11.5. The maximum absolute atomic E-state index is 12.6. The standard InChI is InChI=1S/C15H19ClN2O4S3/c1-18(2)13(14-5-4-8-23-14)10-17-25(21,22)15-9-11(24(3,19)20)6-7-12(15)16/h4-9,13,17H,10H2,1-3H3. The number of hydrogen-bond donors (Lipinski definition) is 1. The number of rotatable bonds is 7. The number of likely N-dealkylation sites (N-methyl/N-ethyl adjacent to an activating group) is 1. The predicted octanol–water partition coefficient (Wildman–Crippen LogP) is 2.39. The van der Waals surface area contributed by atoms with E-state index in [1.807, 2.05) is 36.5 Å². The Bertz CT molecular complexity index is 939. The van der Waals surface area contributed by atoms with Crippen LogP contribution in [0.4, 0.5) is 0 Å². The van der Waals surface area contributed by atoms with E-state index in [9.17, 15) is 16.8 Å². The molecule has 1 atom stereocenters. The third-order valence-electron chi connectivity index (χ3n) is 3.58. The quantitative estimate of drug-likeness (QED) is 0.740. The summed E-state index contributed by atoms with van der Waals surface area (Å²) in [6.07, 6.45) is 1.01. The van der Waals surface area contributed by atoms with Gasteiger partial charge in [0.2, 0.25) is 10.0 Å². The molecule has 1 heterocycles. The lowest BCUT2D eigenvalue weighted by Crippen LogP contribution is -2.34. The third kappa shape index (κ3) is 5.02. The van der Waals surface area contributed by atoms with Crippen LogP contribution in [0.5, 0.6) is 0 Å². The molecule has 0 aliphatic carbocycles. The number of sulfonamides is 1. The topological polar surface area (TPSA) is 83.6 Å². The monoisotopic (exact) mass is 422 g/mol. The van der Waals surface area contributed by atoms with Crippen LogP contribution in [0.15, 0.2) is 45.5 Å². The zero-order valence-electron chi connectivity index (χ0n) is 13.9. The maximum Gasteiger partial charge on any atom is 0.242 e. The Morgan fingerprint density at radius 2 is 1.88 bits per heavy atom. The van der Waals surface area contributed by atoms with E-state index in [0.29, 0.717) is 0 Å². The molecule has 138 valence electrons. The first-order valence-electron chi connectivity index (χ1n) is 7.21. The van der Waals surface area contributed by atoms with Crippen LogP contribution in [-0.4, -0.2) is 48.6 Å². The minimum atomic E-state index is -3.96. The van der Waals surface area contributed by atoms with Gasteiger partial charge in [-0.05, 0) is 43.7 Å². The number of benzene rings is 1. The molecule has 0 amide bonds. The van der Waals surface area contributed by atoms with E-state index >= 15 is 0 Å². The Morgan fingerprint density at radius 1 is 1.20 bits per heavy atom. The van der Waals surface area contributed by atoms with Gasteiger partial charge in [-0.25, -0.2) is 21.6 Å². The minimum absolute atomic E-state index is 0.0302. The van der Waals surface area contributed by atoms with Gasteiger partial charge in [-0.2, -0.15) is 0 Å². The van der Waals surface area contributed by atoms with Crippen molar-refractivity contribution in [2.75, 3.05) is 26.9 Å². The second-order valence-electron chi connectivity index (χ2n) is 5.71. The van der Waals surface area contributed by atoms with Crippen LogP contribution in [0.25, 0.3) is 0 Å². The van der Waals surface area contributed by atoms with Crippen LogP contribution in [0.3, 0.4) is 0 Å². The molecule has 1 aromatic heterocycles. The summed E-state index contributed by atoms with van der Waals surface area (Å²) in [5.41, 5.74) is 0. The maximum atomic E-state index is 12.6. The highest BCUT2D eigenvalue weighted by Crippen LogP contribution is 2.26. The van der Waals surface area contributed by atoms with Crippen molar-refractivity contribution < 1.29 is 16.8 Å². The fourth-order valence-electron chi connectivity index (χ4n) is 2.21. The van der Waals surface area contributed by atoms with Crippen molar-refractivity contribution in [3.05, 3.63) is 45.6 Å². The lowest BCUT2D eigenvalue weighted by atomic mass is 10.2. The van der Waals surface area contributed by atoms with Crippen LogP contribution in [-0.2, 0) is 19.9 Å². The Morgan fingerprint density at radius 3 is 2.40 bits per heavy atom. The molecule has 1 N–H and O–H groups in total. The fraction of sp³-hybridized carbons (Fsp3) is 0.333. The lowest BCUT2D eigenvalue weighted by molar-refractivity contribution is 0.303. The van der Waals surface area contributed by atoms with Crippen LogP contribution in [0, 0.1) is 0 Å². The highest BCUT2D eigenvalue weighted by atomic mass is 35.5. The number of sulfone groups is 1. The molecule has 0 saturated carbocycles. The Hall–Kier alpha value is -0.970. The zero-order chi connectivity index (χ0) is 18.8. The fourth-order valence-corrected chi connectivity index (χ4v) is 5.41. The molecule has 25 heavy (non-hydrogen) atoms. The lowest BCUT2D eigenvalue weighted by Gasteiger charge is -2.23. The van der Waals surface area contributed by atoms with Crippen molar-refractivity contribution in [2.24, 2.45) is 0 Å². The van der Waals surface area contributed by atoms with E-state index in [1.54, 1.807) is 0 Å². The number of nitrogens with one attached hydrogen (secondary N) is 1. The summed E-state index contributed by atoms with van der Waals surface area (Å²) in [6, 6.07) is 7.32. The highest BCUT2D eigenvalue weighted by Gasteiger charge is 2.23. The van der Waals surface area contributed by atoms with Gasteiger partial charge < -0.3 is 4.90 Å². The molecule has 0 spiro atoms. The summed E-state index contributed by atoms with van der Waals surface area (Å²) in [5.74, 6) is 0. The van der Waals surface area contributed by atoms with Crippen LogP contribution in [0.1, 0.15) is 10.9 Å². The van der Waals surface area contributed by atoms with Gasteiger partial charge in [-0.1, -0.05) is 17.7 Å². The van der Waals surface area contributed by atoms with Gasteiger partial charge >= 0.3 is 0 Å². The summed E-state index contributed by atoms with van der Waals surface area (Å²) >= 11 is 7.52. The highest BCUT2D eigenvalue weighted by molar-refractivity contribution is 7.91. The Labute approximate surface area is 157 Å². The zero-order valence-corrected chi connectivity index (χ0v) is 17.1. The van der Waals surface area contributed by atoms with Gasteiger partial charge in [0, 0.05) is 17.7 Å². The number of halogens is 1. The molecular formula is C15H19ClN2O4S3. The van der Waals surface area contributed by atoms with Gasteiger partial charge in [0.1, 0.15) is 4.90 Å². The number of nitrogens with zero attached hydrogens (tertiary/aromatic N) is 1. The molecule has 1 unspecified atom stereocenters. The SMILES string of the molecule is CN(C)C(CNS(=O)(=O)c1cc(S(C)(=O)=O)ccc1Cl)c1cccs1. The second kappa shape index (κ2) is 7.73. The summed E-state index contributed by atoms with van der Waals surface area (Å²) in [5, 5.41) is 1.89. The smallest absolute Gasteiger partial charge is 0.242 e. The molecule has 6 nitrogen and oxygen atoms in total. The molecule has 2 rings (SSSR count). The minimum Gasteiger partial charge on any atom is -0.300 e. The average molecular weight is 423 g/mol. The van der Waals surface area contributed by atoms with Crippen molar-refractivity contribution in [1.29, 1.82) is 0 Å². The summed E-state index contributed by atoms with van der Waals surface area (Å²) < 4.78 is 51.1. The predicted molar refractivity (Wildman–Crippen MR) is 100 cm³/mol. The van der Waals surface area contributed by atoms with Crippen LogP contribution < -0.4 is 4.72 Å². The first kappa shape index (κ1) is 20.3. The van der Waals surface area contributed by atoms with E-state index in [0.717, 1.165) is 17.2 Å². The first-order valence-corrected chi connectivity index (χ1v) is 11.8. The molecule has 2 aromatic rings.